The Morgan fingerprint density at radius 1 is 1.21 bits per heavy atom. The van der Waals surface area contributed by atoms with E-state index in [0.29, 0.717) is 4.88 Å². The van der Waals surface area contributed by atoms with Crippen LogP contribution in [0.2, 0.25) is 0 Å². The predicted molar refractivity (Wildman–Crippen MR) is 84.2 cm³/mol. The van der Waals surface area contributed by atoms with Crippen molar-refractivity contribution in [3.63, 3.8) is 0 Å². The normalized spacial score (nSPS) is 13.2. The quantitative estimate of drug-likeness (QED) is 0.599. The van der Waals surface area contributed by atoms with Gasteiger partial charge in [-0.3, -0.25) is 14.9 Å². The first-order valence-electron chi connectivity index (χ1n) is 6.89. The van der Waals surface area contributed by atoms with Crippen molar-refractivity contribution in [2.24, 2.45) is 0 Å². The number of amides is 2. The fourth-order valence-corrected chi connectivity index (χ4v) is 2.89. The van der Waals surface area contributed by atoms with Crippen LogP contribution in [0, 0.1) is 0 Å². The third-order valence-electron chi connectivity index (χ3n) is 3.25. The highest BCUT2D eigenvalue weighted by molar-refractivity contribution is 7.10. The first kappa shape index (κ1) is 16.0. The molecule has 3 rings (SSSR count). The molecule has 0 bridgehead atoms. The molecule has 0 aliphatic heterocycles. The van der Waals surface area contributed by atoms with Gasteiger partial charge in [-0.1, -0.05) is 11.2 Å². The molecule has 3 aromatic heterocycles. The average Bonchev–Trinajstić information content (AvgIpc) is 3.35. The van der Waals surface area contributed by atoms with Crippen molar-refractivity contribution in [1.82, 2.24) is 10.5 Å². The number of nitrogens with zero attached hydrogens (tertiary/aromatic N) is 1. The van der Waals surface area contributed by atoms with E-state index >= 15 is 0 Å². The number of hydrogen-bond donors (Lipinski definition) is 3. The molecule has 0 saturated carbocycles. The molecule has 124 valence electrons. The number of carbonyl (C=O) groups excluding carboxylic acids is 2. The highest BCUT2D eigenvalue weighted by Gasteiger charge is 2.36. The molecule has 0 aliphatic rings. The predicted octanol–water partition coefficient (Wildman–Crippen LogP) is 1.32. The van der Waals surface area contributed by atoms with E-state index in [4.69, 9.17) is 4.42 Å². The van der Waals surface area contributed by atoms with Crippen LogP contribution >= 0.6 is 11.3 Å². The number of carbonyl (C=O) groups is 2. The third kappa shape index (κ3) is 3.21. The summed E-state index contributed by atoms with van der Waals surface area (Å²) in [5, 5.41) is 20.9. The number of aliphatic hydroxyl groups is 1. The molecule has 3 aromatic rings. The van der Waals surface area contributed by atoms with Gasteiger partial charge in [0.15, 0.2) is 11.4 Å². The van der Waals surface area contributed by atoms with Crippen molar-refractivity contribution in [2.45, 2.75) is 5.60 Å². The van der Waals surface area contributed by atoms with E-state index in [0.717, 1.165) is 0 Å². The highest BCUT2D eigenvalue weighted by Crippen LogP contribution is 2.32. The van der Waals surface area contributed by atoms with Crippen LogP contribution in [0.4, 0.5) is 5.82 Å². The zero-order valence-electron chi connectivity index (χ0n) is 12.3. The maximum atomic E-state index is 11.9. The topological polar surface area (TPSA) is 118 Å². The van der Waals surface area contributed by atoms with Crippen molar-refractivity contribution in [3.8, 4) is 0 Å². The van der Waals surface area contributed by atoms with Gasteiger partial charge in [0.2, 0.25) is 0 Å². The second-order valence-electron chi connectivity index (χ2n) is 4.84. The van der Waals surface area contributed by atoms with Crippen LogP contribution in [0.1, 0.15) is 10.6 Å². The van der Waals surface area contributed by atoms with Gasteiger partial charge in [-0.25, -0.2) is 0 Å². The number of furan rings is 1. The summed E-state index contributed by atoms with van der Waals surface area (Å²) in [5.74, 6) is -1.45. The van der Waals surface area contributed by atoms with Gasteiger partial charge in [0.1, 0.15) is 12.0 Å². The molecule has 8 nitrogen and oxygen atoms in total. The molecule has 1 atom stereocenters. The van der Waals surface area contributed by atoms with Gasteiger partial charge in [-0.05, 0) is 23.6 Å². The van der Waals surface area contributed by atoms with Gasteiger partial charge < -0.3 is 19.4 Å². The van der Waals surface area contributed by atoms with Crippen molar-refractivity contribution in [1.29, 1.82) is 0 Å². The van der Waals surface area contributed by atoms with Gasteiger partial charge >= 0.3 is 11.8 Å². The number of rotatable bonds is 5. The fourth-order valence-electron chi connectivity index (χ4n) is 2.06. The Hall–Kier alpha value is -2.91. The van der Waals surface area contributed by atoms with Crippen LogP contribution in [-0.4, -0.2) is 28.6 Å². The maximum absolute atomic E-state index is 11.9. The summed E-state index contributed by atoms with van der Waals surface area (Å²) < 4.78 is 9.84. The maximum Gasteiger partial charge on any atom is 0.314 e. The third-order valence-corrected chi connectivity index (χ3v) is 4.27. The van der Waals surface area contributed by atoms with E-state index in [1.165, 1.54) is 29.9 Å². The zero-order chi connectivity index (χ0) is 17.0. The Bertz CT molecular complexity index is 762. The summed E-state index contributed by atoms with van der Waals surface area (Å²) in [6, 6.07) is 8.12. The molecule has 0 aliphatic carbocycles. The molecule has 1 unspecified atom stereocenters. The standard InChI is InChI=1S/C15H13N3O5S/c19-13(14(20)17-12-5-7-23-18-12)16-9-15(21,10-3-1-6-22-10)11-4-2-8-24-11/h1-8,21H,9H2,(H,16,19)(H,17,18,20). The summed E-state index contributed by atoms with van der Waals surface area (Å²) in [6.07, 6.45) is 2.69. The number of thiophene rings is 1. The Balaban J connectivity index is 1.70. The Morgan fingerprint density at radius 2 is 2.08 bits per heavy atom. The van der Waals surface area contributed by atoms with Crippen LogP contribution in [0.25, 0.3) is 0 Å². The molecule has 0 saturated heterocycles. The van der Waals surface area contributed by atoms with Gasteiger partial charge in [-0.2, -0.15) is 0 Å². The molecule has 3 N–H and O–H groups in total. The second-order valence-corrected chi connectivity index (χ2v) is 5.78. The zero-order valence-corrected chi connectivity index (χ0v) is 13.1. The van der Waals surface area contributed by atoms with Gasteiger partial charge in [0, 0.05) is 10.9 Å². The van der Waals surface area contributed by atoms with E-state index < -0.39 is 17.4 Å². The summed E-state index contributed by atoms with van der Waals surface area (Å²) in [7, 11) is 0. The van der Waals surface area contributed by atoms with E-state index in [1.807, 2.05) is 0 Å². The van der Waals surface area contributed by atoms with Crippen molar-refractivity contribution < 1.29 is 23.6 Å². The van der Waals surface area contributed by atoms with Gasteiger partial charge in [0.05, 0.1) is 12.8 Å². The largest absolute Gasteiger partial charge is 0.466 e. The summed E-state index contributed by atoms with van der Waals surface area (Å²) in [5.41, 5.74) is -1.57. The molecule has 2 amide bonds. The minimum Gasteiger partial charge on any atom is -0.466 e. The van der Waals surface area contributed by atoms with Crippen LogP contribution in [0.3, 0.4) is 0 Å². The van der Waals surface area contributed by atoms with Crippen LogP contribution in [-0.2, 0) is 15.2 Å². The lowest BCUT2D eigenvalue weighted by atomic mass is 9.98. The molecule has 0 radical (unpaired) electrons. The number of anilines is 1. The monoisotopic (exact) mass is 347 g/mol. The Labute approximate surface area is 140 Å². The number of aromatic nitrogens is 1. The smallest absolute Gasteiger partial charge is 0.314 e. The Morgan fingerprint density at radius 3 is 2.71 bits per heavy atom. The minimum absolute atomic E-state index is 0.120. The molecule has 0 spiro atoms. The SMILES string of the molecule is O=C(NCC(O)(c1ccco1)c1cccs1)C(=O)Nc1ccon1. The van der Waals surface area contributed by atoms with Crippen molar-refractivity contribution in [3.05, 3.63) is 58.9 Å². The van der Waals surface area contributed by atoms with Crippen molar-refractivity contribution >= 4 is 29.0 Å². The van der Waals surface area contributed by atoms with E-state index in [2.05, 4.69) is 20.3 Å². The van der Waals surface area contributed by atoms with Crippen LogP contribution in [0.15, 0.2) is 57.2 Å². The first-order chi connectivity index (χ1) is 11.6. The minimum atomic E-state index is -1.57. The lowest BCUT2D eigenvalue weighted by Gasteiger charge is -2.25. The second kappa shape index (κ2) is 6.69. The van der Waals surface area contributed by atoms with E-state index in [1.54, 1.807) is 29.6 Å². The molecule has 0 aromatic carbocycles. The van der Waals surface area contributed by atoms with E-state index in [9.17, 15) is 14.7 Å². The number of hydrogen-bond acceptors (Lipinski definition) is 7. The van der Waals surface area contributed by atoms with Crippen LogP contribution < -0.4 is 10.6 Å². The fraction of sp³-hybridized carbons (Fsp3) is 0.133. The van der Waals surface area contributed by atoms with Gasteiger partial charge in [0.25, 0.3) is 0 Å². The summed E-state index contributed by atoms with van der Waals surface area (Å²) in [4.78, 5) is 24.3. The average molecular weight is 347 g/mol. The highest BCUT2D eigenvalue weighted by atomic mass is 32.1. The number of nitrogens with one attached hydrogen (secondary N) is 2. The molecular formula is C15H13N3O5S. The molecular weight excluding hydrogens is 334 g/mol. The molecule has 3 heterocycles. The summed E-state index contributed by atoms with van der Waals surface area (Å²) >= 11 is 1.31. The van der Waals surface area contributed by atoms with E-state index in [-0.39, 0.29) is 18.1 Å². The van der Waals surface area contributed by atoms with Crippen molar-refractivity contribution in [2.75, 3.05) is 11.9 Å². The molecule has 0 fully saturated rings. The lowest BCUT2D eigenvalue weighted by Crippen LogP contribution is -2.44. The van der Waals surface area contributed by atoms with Crippen LogP contribution in [0.5, 0.6) is 0 Å². The molecule has 24 heavy (non-hydrogen) atoms. The molecule has 9 heteroatoms. The lowest BCUT2D eigenvalue weighted by molar-refractivity contribution is -0.136. The summed E-state index contributed by atoms with van der Waals surface area (Å²) in [6.45, 7) is -0.230. The van der Waals surface area contributed by atoms with Gasteiger partial charge in [-0.15, -0.1) is 11.3 Å². The Kier molecular flexibility index (Phi) is 4.45. The first-order valence-corrected chi connectivity index (χ1v) is 7.77.